The highest BCUT2D eigenvalue weighted by molar-refractivity contribution is 6.16. The maximum Gasteiger partial charge on any atom is 0.0955 e. The molecule has 0 saturated heterocycles. The molecule has 2 rings (SSSR count). The van der Waals surface area contributed by atoms with Crippen LogP contribution in [0.3, 0.4) is 0 Å². The van der Waals surface area contributed by atoms with Gasteiger partial charge in [0.15, 0.2) is 0 Å². The van der Waals surface area contributed by atoms with Crippen molar-refractivity contribution < 1.29 is 0 Å². The number of imidazole rings is 1. The van der Waals surface area contributed by atoms with Crippen LogP contribution in [0.1, 0.15) is 17.0 Å². The van der Waals surface area contributed by atoms with E-state index in [0.29, 0.717) is 5.88 Å². The van der Waals surface area contributed by atoms with Gasteiger partial charge in [-0.15, -0.1) is 11.6 Å². The van der Waals surface area contributed by atoms with Crippen molar-refractivity contribution in [1.82, 2.24) is 9.55 Å². The first-order chi connectivity index (χ1) is 7.31. The molecule has 0 aliphatic carbocycles. The third-order valence-electron chi connectivity index (χ3n) is 2.52. The molecule has 0 spiro atoms. The van der Waals surface area contributed by atoms with E-state index in [1.165, 1.54) is 5.56 Å². The average molecular weight is 221 g/mol. The molecule has 0 bridgehead atoms. The second-order valence-electron chi connectivity index (χ2n) is 3.52. The van der Waals surface area contributed by atoms with Crippen LogP contribution in [-0.4, -0.2) is 9.55 Å². The van der Waals surface area contributed by atoms with Crippen molar-refractivity contribution in [2.24, 2.45) is 0 Å². The topological polar surface area (TPSA) is 17.8 Å². The Morgan fingerprint density at radius 1 is 1.27 bits per heavy atom. The molecule has 1 aromatic carbocycles. The quantitative estimate of drug-likeness (QED) is 0.728. The monoisotopic (exact) mass is 220 g/mol. The first-order valence-corrected chi connectivity index (χ1v) is 5.45. The van der Waals surface area contributed by atoms with Gasteiger partial charge in [0.2, 0.25) is 0 Å². The van der Waals surface area contributed by atoms with Crippen LogP contribution in [0, 0.1) is 6.92 Å². The van der Waals surface area contributed by atoms with Crippen LogP contribution in [0.15, 0.2) is 36.7 Å². The molecule has 1 heterocycles. The molecule has 0 saturated carbocycles. The van der Waals surface area contributed by atoms with Gasteiger partial charge in [-0.05, 0) is 12.5 Å². The van der Waals surface area contributed by atoms with Crippen molar-refractivity contribution in [2.75, 3.05) is 0 Å². The Labute approximate surface area is 94.5 Å². The zero-order chi connectivity index (χ0) is 10.7. The lowest BCUT2D eigenvalue weighted by Crippen LogP contribution is -2.00. The molecule has 0 unspecified atom stereocenters. The van der Waals surface area contributed by atoms with Gasteiger partial charge in [-0.2, -0.15) is 0 Å². The van der Waals surface area contributed by atoms with E-state index in [4.69, 9.17) is 11.6 Å². The lowest BCUT2D eigenvalue weighted by Gasteiger charge is -2.05. The van der Waals surface area contributed by atoms with E-state index in [2.05, 4.69) is 21.7 Å². The molecule has 15 heavy (non-hydrogen) atoms. The lowest BCUT2D eigenvalue weighted by atomic mass is 10.2. The number of hydrogen-bond donors (Lipinski definition) is 0. The predicted molar refractivity (Wildman–Crippen MR) is 62.1 cm³/mol. The second-order valence-corrected chi connectivity index (χ2v) is 3.79. The predicted octanol–water partition coefficient (Wildman–Crippen LogP) is 2.98. The van der Waals surface area contributed by atoms with Gasteiger partial charge in [-0.1, -0.05) is 30.3 Å². The third kappa shape index (κ3) is 2.21. The molecule has 0 N–H and O–H groups in total. The van der Waals surface area contributed by atoms with E-state index in [1.54, 1.807) is 0 Å². The van der Waals surface area contributed by atoms with E-state index in [0.717, 1.165) is 17.9 Å². The van der Waals surface area contributed by atoms with E-state index in [1.807, 2.05) is 31.5 Å². The Bertz CT molecular complexity index is 434. The van der Waals surface area contributed by atoms with E-state index in [-0.39, 0.29) is 0 Å². The van der Waals surface area contributed by atoms with Crippen LogP contribution in [0.4, 0.5) is 0 Å². The minimum atomic E-state index is 0.480. The summed E-state index contributed by atoms with van der Waals surface area (Å²) in [6.45, 7) is 2.91. The van der Waals surface area contributed by atoms with Crippen LogP contribution in [0.5, 0.6) is 0 Å². The summed E-state index contributed by atoms with van der Waals surface area (Å²) < 4.78 is 2.12. The molecule has 3 heteroatoms. The molecule has 1 aromatic heterocycles. The molecular formula is C12H13ClN2. The molecule has 2 nitrogen and oxygen atoms in total. The Kier molecular flexibility index (Phi) is 3.07. The number of alkyl halides is 1. The number of benzene rings is 1. The first-order valence-electron chi connectivity index (χ1n) is 4.91. The van der Waals surface area contributed by atoms with Gasteiger partial charge in [0.25, 0.3) is 0 Å². The highest BCUT2D eigenvalue weighted by Gasteiger charge is 2.04. The van der Waals surface area contributed by atoms with Gasteiger partial charge in [0, 0.05) is 12.2 Å². The lowest BCUT2D eigenvalue weighted by molar-refractivity contribution is 0.768. The number of halogens is 1. The molecule has 0 fully saturated rings. The van der Waals surface area contributed by atoms with Crippen molar-refractivity contribution in [3.63, 3.8) is 0 Å². The minimum Gasteiger partial charge on any atom is -0.330 e. The smallest absolute Gasteiger partial charge is 0.0955 e. The maximum atomic E-state index is 5.77. The van der Waals surface area contributed by atoms with Crippen LogP contribution >= 0.6 is 11.6 Å². The van der Waals surface area contributed by atoms with Crippen molar-refractivity contribution in [2.45, 2.75) is 19.3 Å². The molecule has 0 atom stereocenters. The summed E-state index contributed by atoms with van der Waals surface area (Å²) in [5, 5.41) is 0. The highest BCUT2D eigenvalue weighted by atomic mass is 35.5. The summed E-state index contributed by atoms with van der Waals surface area (Å²) in [4.78, 5) is 4.26. The molecule has 0 radical (unpaired) electrons. The fraction of sp³-hybridized carbons (Fsp3) is 0.250. The zero-order valence-corrected chi connectivity index (χ0v) is 9.41. The Morgan fingerprint density at radius 2 is 2.00 bits per heavy atom. The van der Waals surface area contributed by atoms with E-state index < -0.39 is 0 Å². The van der Waals surface area contributed by atoms with Gasteiger partial charge in [-0.3, -0.25) is 0 Å². The Hall–Kier alpha value is -1.28. The van der Waals surface area contributed by atoms with Gasteiger partial charge in [-0.25, -0.2) is 4.98 Å². The van der Waals surface area contributed by atoms with Crippen LogP contribution < -0.4 is 0 Å². The van der Waals surface area contributed by atoms with Crippen molar-refractivity contribution in [3.05, 3.63) is 53.6 Å². The molecule has 78 valence electrons. The number of hydrogen-bond acceptors (Lipinski definition) is 1. The second kappa shape index (κ2) is 4.49. The van der Waals surface area contributed by atoms with Gasteiger partial charge in [0.1, 0.15) is 0 Å². The minimum absolute atomic E-state index is 0.480. The van der Waals surface area contributed by atoms with Crippen molar-refractivity contribution in [3.8, 4) is 0 Å². The summed E-state index contributed by atoms with van der Waals surface area (Å²) in [6, 6.07) is 10.3. The largest absolute Gasteiger partial charge is 0.330 e. The fourth-order valence-electron chi connectivity index (χ4n) is 1.56. The summed E-state index contributed by atoms with van der Waals surface area (Å²) in [6.07, 6.45) is 1.85. The van der Waals surface area contributed by atoms with Crippen molar-refractivity contribution in [1.29, 1.82) is 0 Å². The summed E-state index contributed by atoms with van der Waals surface area (Å²) in [5.41, 5.74) is 3.39. The number of aromatic nitrogens is 2. The third-order valence-corrected chi connectivity index (χ3v) is 2.78. The van der Waals surface area contributed by atoms with Gasteiger partial charge >= 0.3 is 0 Å². The Morgan fingerprint density at radius 3 is 2.60 bits per heavy atom. The first kappa shape index (κ1) is 10.2. The standard InChI is InChI=1S/C12H13ClN2/c1-10-12(7-13)14-9-15(10)8-11-5-3-2-4-6-11/h2-6,9H,7-8H2,1H3. The van der Waals surface area contributed by atoms with Crippen LogP contribution in [0.2, 0.25) is 0 Å². The van der Waals surface area contributed by atoms with E-state index >= 15 is 0 Å². The number of nitrogens with zero attached hydrogens (tertiary/aromatic N) is 2. The van der Waals surface area contributed by atoms with Gasteiger partial charge < -0.3 is 4.57 Å². The normalized spacial score (nSPS) is 10.5. The summed E-state index contributed by atoms with van der Waals surface area (Å²) in [7, 11) is 0. The Balaban J connectivity index is 2.21. The van der Waals surface area contributed by atoms with E-state index in [9.17, 15) is 0 Å². The van der Waals surface area contributed by atoms with Gasteiger partial charge in [0.05, 0.1) is 17.9 Å². The van der Waals surface area contributed by atoms with Crippen LogP contribution in [-0.2, 0) is 12.4 Å². The zero-order valence-electron chi connectivity index (χ0n) is 8.65. The maximum absolute atomic E-state index is 5.77. The average Bonchev–Trinajstić information content (AvgIpc) is 2.62. The molecule has 0 aliphatic rings. The molecule has 2 aromatic rings. The molecule has 0 amide bonds. The SMILES string of the molecule is Cc1c(CCl)ncn1Cc1ccccc1. The fourth-order valence-corrected chi connectivity index (χ4v) is 1.82. The number of rotatable bonds is 3. The van der Waals surface area contributed by atoms with Crippen molar-refractivity contribution >= 4 is 11.6 Å². The highest BCUT2D eigenvalue weighted by Crippen LogP contribution is 2.11. The summed E-state index contributed by atoms with van der Waals surface area (Å²) in [5.74, 6) is 0.480. The molecule has 0 aliphatic heterocycles. The summed E-state index contributed by atoms with van der Waals surface area (Å²) >= 11 is 5.77. The molecular weight excluding hydrogens is 208 g/mol. The van der Waals surface area contributed by atoms with Crippen LogP contribution in [0.25, 0.3) is 0 Å².